The second-order valence-electron chi connectivity index (χ2n) is 9.35. The van der Waals surface area contributed by atoms with Gasteiger partial charge in [-0.15, -0.1) is 0 Å². The van der Waals surface area contributed by atoms with Gasteiger partial charge in [0.05, 0.1) is 14.2 Å². The van der Waals surface area contributed by atoms with Crippen LogP contribution in [0.3, 0.4) is 0 Å². The molecular weight excluding hydrogens is 432 g/mol. The first-order chi connectivity index (χ1) is 16.5. The van der Waals surface area contributed by atoms with Gasteiger partial charge in [0, 0.05) is 18.9 Å². The lowest BCUT2D eigenvalue weighted by Crippen LogP contribution is -2.53. The summed E-state index contributed by atoms with van der Waals surface area (Å²) < 4.78 is 16.9. The molecule has 0 aromatic heterocycles. The molecule has 2 aliphatic rings. The highest BCUT2D eigenvalue weighted by Gasteiger charge is 2.53. The van der Waals surface area contributed by atoms with Crippen molar-refractivity contribution in [1.82, 2.24) is 0 Å². The third-order valence-corrected chi connectivity index (χ3v) is 7.29. The van der Waals surface area contributed by atoms with Crippen LogP contribution in [0.2, 0.25) is 0 Å². The molecule has 2 fully saturated rings. The van der Waals surface area contributed by atoms with Gasteiger partial charge in [-0.25, -0.2) is 0 Å². The van der Waals surface area contributed by atoms with Crippen molar-refractivity contribution < 1.29 is 28.6 Å². The number of carbonyl (C=O) groups is 3. The van der Waals surface area contributed by atoms with E-state index in [1.54, 1.807) is 14.2 Å². The second kappa shape index (κ2) is 10.4. The molecular formula is C28H32O6. The van der Waals surface area contributed by atoms with Gasteiger partial charge in [-0.1, -0.05) is 49.2 Å². The van der Waals surface area contributed by atoms with Crippen LogP contribution in [0, 0.1) is 11.8 Å². The fraction of sp³-hybridized carbons (Fsp3) is 0.464. The van der Waals surface area contributed by atoms with Gasteiger partial charge >= 0.3 is 5.97 Å². The number of methoxy groups -OCH3 is 2. The fourth-order valence-electron chi connectivity index (χ4n) is 5.46. The molecule has 0 spiro atoms. The van der Waals surface area contributed by atoms with Crippen LogP contribution < -0.4 is 9.47 Å². The van der Waals surface area contributed by atoms with E-state index < -0.39 is 23.3 Å². The molecule has 6 nitrogen and oxygen atoms in total. The monoisotopic (exact) mass is 464 g/mol. The van der Waals surface area contributed by atoms with Crippen LogP contribution in [-0.2, 0) is 32.0 Å². The van der Waals surface area contributed by atoms with Gasteiger partial charge in [0.15, 0.2) is 17.5 Å². The Kier molecular flexibility index (Phi) is 7.35. The van der Waals surface area contributed by atoms with Crippen LogP contribution in [0.4, 0.5) is 0 Å². The Morgan fingerprint density at radius 1 is 1.03 bits per heavy atom. The summed E-state index contributed by atoms with van der Waals surface area (Å²) in [6.07, 6.45) is 5.19. The first-order valence-electron chi connectivity index (χ1n) is 12.0. The molecule has 1 aliphatic heterocycles. The van der Waals surface area contributed by atoms with E-state index in [9.17, 15) is 14.4 Å². The van der Waals surface area contributed by atoms with Gasteiger partial charge in [0.2, 0.25) is 0 Å². The molecule has 2 atom stereocenters. The predicted molar refractivity (Wildman–Crippen MR) is 127 cm³/mol. The van der Waals surface area contributed by atoms with E-state index in [4.69, 9.17) is 14.2 Å². The second-order valence-corrected chi connectivity index (χ2v) is 9.35. The van der Waals surface area contributed by atoms with Crippen LogP contribution >= 0.6 is 0 Å². The molecule has 1 aliphatic carbocycles. The zero-order valence-corrected chi connectivity index (χ0v) is 19.9. The van der Waals surface area contributed by atoms with Gasteiger partial charge < -0.3 is 14.2 Å². The van der Waals surface area contributed by atoms with Crippen molar-refractivity contribution >= 4 is 17.5 Å². The van der Waals surface area contributed by atoms with E-state index in [1.165, 1.54) is 0 Å². The van der Waals surface area contributed by atoms with Gasteiger partial charge in [-0.3, -0.25) is 14.4 Å². The molecule has 2 aromatic rings. The van der Waals surface area contributed by atoms with E-state index in [2.05, 4.69) is 0 Å². The van der Waals surface area contributed by atoms with Crippen LogP contribution in [0.15, 0.2) is 48.5 Å². The number of hydrogen-bond acceptors (Lipinski definition) is 6. The minimum absolute atomic E-state index is 0.0474. The average molecular weight is 465 g/mol. The highest BCUT2D eigenvalue weighted by atomic mass is 16.6. The van der Waals surface area contributed by atoms with Crippen LogP contribution in [0.1, 0.15) is 49.7 Å². The van der Waals surface area contributed by atoms with Gasteiger partial charge in [-0.05, 0) is 48.8 Å². The third-order valence-electron chi connectivity index (χ3n) is 7.29. The number of Topliss-reactive ketones (excluding diaryl/α,β-unsaturated/α-hetero) is 2. The molecule has 1 heterocycles. The van der Waals surface area contributed by atoms with Crippen LogP contribution in [-0.4, -0.2) is 37.4 Å². The Morgan fingerprint density at radius 2 is 1.76 bits per heavy atom. The number of benzene rings is 2. The molecule has 0 amide bonds. The van der Waals surface area contributed by atoms with Crippen molar-refractivity contribution in [2.75, 3.05) is 14.2 Å². The van der Waals surface area contributed by atoms with Crippen molar-refractivity contribution in [3.8, 4) is 11.5 Å². The molecule has 1 saturated heterocycles. The fourth-order valence-corrected chi connectivity index (χ4v) is 5.46. The van der Waals surface area contributed by atoms with Crippen molar-refractivity contribution in [2.45, 2.75) is 57.0 Å². The normalized spacial score (nSPS) is 22.9. The number of ether oxygens (including phenoxy) is 3. The maximum atomic E-state index is 13.3. The first-order valence-corrected chi connectivity index (χ1v) is 12.0. The largest absolute Gasteiger partial charge is 0.497 e. The lowest BCUT2D eigenvalue weighted by Gasteiger charge is -2.42. The van der Waals surface area contributed by atoms with Crippen LogP contribution in [0.25, 0.3) is 0 Å². The summed E-state index contributed by atoms with van der Waals surface area (Å²) in [6.45, 7) is 0. The van der Waals surface area contributed by atoms with Crippen LogP contribution in [0.5, 0.6) is 11.5 Å². The summed E-state index contributed by atoms with van der Waals surface area (Å²) in [6, 6.07) is 14.8. The van der Waals surface area contributed by atoms with Gasteiger partial charge in [0.25, 0.3) is 0 Å². The summed E-state index contributed by atoms with van der Waals surface area (Å²) in [5.74, 6) is -1.20. The third kappa shape index (κ3) is 5.01. The topological polar surface area (TPSA) is 78.9 Å². The lowest BCUT2D eigenvalue weighted by molar-refractivity contribution is -0.186. The van der Waals surface area contributed by atoms with Gasteiger partial charge in [0.1, 0.15) is 17.1 Å². The van der Waals surface area contributed by atoms with Crippen molar-refractivity contribution in [3.05, 3.63) is 59.7 Å². The standard InChI is InChI=1S/C28H32O6/c1-32-22-13-12-20(25(17-22)33-2)14-15-28(21-10-6-7-11-21)18-24(30)26(27(31)34-28)23(29)16-19-8-4-3-5-9-19/h3-5,8-9,12-13,17,21,26H,6-7,10-11,14-16,18H2,1-2H3. The van der Waals surface area contributed by atoms with E-state index in [-0.39, 0.29) is 24.5 Å². The van der Waals surface area contributed by atoms with E-state index in [0.717, 1.165) is 36.8 Å². The molecule has 6 heteroatoms. The average Bonchev–Trinajstić information content (AvgIpc) is 3.39. The number of rotatable bonds is 9. The zero-order chi connectivity index (χ0) is 24.1. The number of carbonyl (C=O) groups excluding carboxylic acids is 3. The molecule has 0 radical (unpaired) electrons. The summed E-state index contributed by atoms with van der Waals surface area (Å²) in [7, 11) is 3.21. The highest BCUT2D eigenvalue weighted by Crippen LogP contribution is 2.45. The summed E-state index contributed by atoms with van der Waals surface area (Å²) in [5.41, 5.74) is 0.873. The quantitative estimate of drug-likeness (QED) is 0.401. The molecule has 2 unspecified atom stereocenters. The number of ketones is 2. The Hall–Kier alpha value is -3.15. The minimum Gasteiger partial charge on any atom is -0.497 e. The van der Waals surface area contributed by atoms with Gasteiger partial charge in [-0.2, -0.15) is 0 Å². The molecule has 180 valence electrons. The predicted octanol–water partition coefficient (Wildman–Crippen LogP) is 4.51. The molecule has 4 rings (SSSR count). The number of esters is 1. The first kappa shape index (κ1) is 24.0. The summed E-state index contributed by atoms with van der Waals surface area (Å²) >= 11 is 0. The van der Waals surface area contributed by atoms with E-state index in [1.807, 2.05) is 48.5 Å². The molecule has 34 heavy (non-hydrogen) atoms. The van der Waals surface area contributed by atoms with E-state index in [0.29, 0.717) is 24.3 Å². The maximum absolute atomic E-state index is 13.3. The summed E-state index contributed by atoms with van der Waals surface area (Å²) in [5, 5.41) is 0. The van der Waals surface area contributed by atoms with E-state index >= 15 is 0 Å². The van der Waals surface area contributed by atoms with Crippen molar-refractivity contribution in [1.29, 1.82) is 0 Å². The number of aryl methyl sites for hydroxylation is 1. The zero-order valence-electron chi connectivity index (χ0n) is 19.9. The van der Waals surface area contributed by atoms with Crippen molar-refractivity contribution in [2.24, 2.45) is 11.8 Å². The molecule has 0 bridgehead atoms. The Balaban J connectivity index is 1.53. The summed E-state index contributed by atoms with van der Waals surface area (Å²) in [4.78, 5) is 39.3. The lowest BCUT2D eigenvalue weighted by atomic mass is 9.73. The Morgan fingerprint density at radius 3 is 2.41 bits per heavy atom. The smallest absolute Gasteiger partial charge is 0.324 e. The maximum Gasteiger partial charge on any atom is 0.324 e. The van der Waals surface area contributed by atoms with Crippen molar-refractivity contribution in [3.63, 3.8) is 0 Å². The number of hydrogen-bond donors (Lipinski definition) is 0. The Bertz CT molecular complexity index is 1020. The molecule has 0 N–H and O–H groups in total. The molecule has 2 aromatic carbocycles. The number of cyclic esters (lactones) is 1. The Labute approximate surface area is 200 Å². The highest BCUT2D eigenvalue weighted by molar-refractivity contribution is 6.19. The molecule has 1 saturated carbocycles. The SMILES string of the molecule is COc1ccc(CCC2(C3CCCC3)CC(=O)C(C(=O)Cc3ccccc3)C(=O)O2)c(OC)c1. The minimum atomic E-state index is -1.33.